The van der Waals surface area contributed by atoms with E-state index in [0.717, 1.165) is 17.9 Å². The van der Waals surface area contributed by atoms with Gasteiger partial charge in [0.2, 0.25) is 6.79 Å². The average Bonchev–Trinajstić information content (AvgIpc) is 2.51. The van der Waals surface area contributed by atoms with Crippen molar-refractivity contribution >= 4 is 0 Å². The van der Waals surface area contributed by atoms with Crippen molar-refractivity contribution in [2.45, 2.75) is 6.42 Å². The van der Waals surface area contributed by atoms with Crippen LogP contribution in [0.2, 0.25) is 0 Å². The molecule has 63 valence electrons. The summed E-state index contributed by atoms with van der Waals surface area (Å²) in [6.45, 7) is 4.05. The van der Waals surface area contributed by atoms with Gasteiger partial charge in [0.1, 0.15) is 5.76 Å². The van der Waals surface area contributed by atoms with E-state index in [1.54, 1.807) is 0 Å². The van der Waals surface area contributed by atoms with Crippen molar-refractivity contribution in [3.63, 3.8) is 0 Å². The average molecular weight is 163 g/mol. The Kier molecular flexibility index (Phi) is 1.90. The lowest BCUT2D eigenvalue weighted by atomic mass is 9.95. The van der Waals surface area contributed by atoms with Crippen molar-refractivity contribution in [1.82, 2.24) is 0 Å². The monoisotopic (exact) mass is 163 g/mol. The molecule has 0 saturated carbocycles. The van der Waals surface area contributed by atoms with Gasteiger partial charge in [-0.25, -0.2) is 0 Å². The fourth-order valence-corrected chi connectivity index (χ4v) is 1.36. The molecule has 0 fully saturated rings. The molecular formula is C10H11O2. The highest BCUT2D eigenvalue weighted by Crippen LogP contribution is 2.29. The van der Waals surface area contributed by atoms with Crippen LogP contribution in [0, 0.1) is 12.3 Å². The lowest BCUT2D eigenvalue weighted by molar-refractivity contribution is 0.0762. The largest absolute Gasteiger partial charge is 0.458 e. The molecule has 0 aromatic heterocycles. The molecule has 0 spiro atoms. The summed E-state index contributed by atoms with van der Waals surface area (Å²) in [6, 6.07) is 0. The highest BCUT2D eigenvalue weighted by molar-refractivity contribution is 5.31. The fourth-order valence-electron chi connectivity index (χ4n) is 1.36. The Morgan fingerprint density at radius 1 is 1.50 bits per heavy atom. The van der Waals surface area contributed by atoms with Crippen molar-refractivity contribution in [2.75, 3.05) is 6.79 Å². The van der Waals surface area contributed by atoms with Crippen LogP contribution >= 0.6 is 0 Å². The van der Waals surface area contributed by atoms with Gasteiger partial charge in [-0.15, -0.1) is 6.58 Å². The first-order valence-electron chi connectivity index (χ1n) is 4.04. The number of rotatable bonds is 2. The van der Waals surface area contributed by atoms with E-state index in [9.17, 15) is 0 Å². The minimum Gasteiger partial charge on any atom is -0.458 e. The molecule has 1 atom stereocenters. The summed E-state index contributed by atoms with van der Waals surface area (Å²) in [6.07, 6.45) is 9.01. The Hall–Kier alpha value is -1.18. The SMILES string of the molecule is C=CCC1[CH]C2=C(C=C1)OCO2. The molecule has 0 N–H and O–H groups in total. The van der Waals surface area contributed by atoms with Gasteiger partial charge in [-0.1, -0.05) is 12.2 Å². The normalized spacial score (nSPS) is 26.2. The van der Waals surface area contributed by atoms with E-state index in [0.29, 0.717) is 12.7 Å². The standard InChI is InChI=1S/C10H11O2/c1-2-3-8-4-5-9-10(6-8)12-7-11-9/h2,4-6,8H,1,3,7H2. The van der Waals surface area contributed by atoms with Crippen molar-refractivity contribution in [1.29, 1.82) is 0 Å². The van der Waals surface area contributed by atoms with Gasteiger partial charge in [0.15, 0.2) is 5.76 Å². The van der Waals surface area contributed by atoms with E-state index in [2.05, 4.69) is 19.1 Å². The zero-order chi connectivity index (χ0) is 8.39. The third kappa shape index (κ3) is 1.24. The summed E-state index contributed by atoms with van der Waals surface area (Å²) in [5, 5.41) is 0. The predicted molar refractivity (Wildman–Crippen MR) is 45.8 cm³/mol. The highest BCUT2D eigenvalue weighted by Gasteiger charge is 2.22. The lowest BCUT2D eigenvalue weighted by Crippen LogP contribution is -2.03. The van der Waals surface area contributed by atoms with E-state index in [1.165, 1.54) is 0 Å². The van der Waals surface area contributed by atoms with E-state index in [1.807, 2.05) is 12.2 Å². The molecule has 2 rings (SSSR count). The summed E-state index contributed by atoms with van der Waals surface area (Å²) in [4.78, 5) is 0. The smallest absolute Gasteiger partial charge is 0.230 e. The number of allylic oxidation sites excluding steroid dienone is 4. The van der Waals surface area contributed by atoms with Gasteiger partial charge >= 0.3 is 0 Å². The van der Waals surface area contributed by atoms with Crippen LogP contribution in [0.4, 0.5) is 0 Å². The molecule has 0 aromatic rings. The van der Waals surface area contributed by atoms with Gasteiger partial charge in [-0.3, -0.25) is 0 Å². The molecule has 2 heteroatoms. The molecular weight excluding hydrogens is 152 g/mol. The van der Waals surface area contributed by atoms with Gasteiger partial charge in [0.25, 0.3) is 0 Å². The van der Waals surface area contributed by atoms with Crippen LogP contribution in [0.25, 0.3) is 0 Å². The van der Waals surface area contributed by atoms with Crippen molar-refractivity contribution in [2.24, 2.45) is 5.92 Å². The van der Waals surface area contributed by atoms with Gasteiger partial charge in [-0.2, -0.15) is 0 Å². The van der Waals surface area contributed by atoms with Crippen molar-refractivity contribution in [3.05, 3.63) is 42.7 Å². The van der Waals surface area contributed by atoms with Crippen LogP contribution in [-0.2, 0) is 9.47 Å². The molecule has 0 aromatic carbocycles. The van der Waals surface area contributed by atoms with Crippen LogP contribution in [0.5, 0.6) is 0 Å². The molecule has 1 aliphatic heterocycles. The molecule has 1 heterocycles. The van der Waals surface area contributed by atoms with Crippen molar-refractivity contribution in [3.8, 4) is 0 Å². The summed E-state index contributed by atoms with van der Waals surface area (Å²) in [5.74, 6) is 2.16. The first kappa shape index (κ1) is 7.47. The Bertz CT molecular complexity index is 251. The summed E-state index contributed by atoms with van der Waals surface area (Å²) in [7, 11) is 0. The summed E-state index contributed by atoms with van der Waals surface area (Å²) in [5.41, 5.74) is 0. The minimum absolute atomic E-state index is 0.353. The second-order valence-electron chi connectivity index (χ2n) is 2.85. The Labute approximate surface area is 72.2 Å². The number of hydrogen-bond acceptors (Lipinski definition) is 2. The lowest BCUT2D eigenvalue weighted by Gasteiger charge is -2.13. The number of ether oxygens (including phenoxy) is 2. The second-order valence-corrected chi connectivity index (χ2v) is 2.85. The van der Waals surface area contributed by atoms with Crippen LogP contribution in [-0.4, -0.2) is 6.79 Å². The van der Waals surface area contributed by atoms with Gasteiger partial charge in [0.05, 0.1) is 0 Å². The molecule has 2 aliphatic rings. The molecule has 2 nitrogen and oxygen atoms in total. The fraction of sp³-hybridized carbons (Fsp3) is 0.300. The maximum atomic E-state index is 5.25. The van der Waals surface area contributed by atoms with E-state index in [-0.39, 0.29) is 0 Å². The minimum atomic E-state index is 0.353. The Morgan fingerprint density at radius 2 is 2.33 bits per heavy atom. The van der Waals surface area contributed by atoms with E-state index in [4.69, 9.17) is 9.47 Å². The van der Waals surface area contributed by atoms with E-state index >= 15 is 0 Å². The van der Waals surface area contributed by atoms with Gasteiger partial charge in [-0.05, 0) is 18.4 Å². The zero-order valence-electron chi connectivity index (χ0n) is 6.82. The molecule has 0 saturated heterocycles. The van der Waals surface area contributed by atoms with Crippen LogP contribution < -0.4 is 0 Å². The maximum absolute atomic E-state index is 5.25. The third-order valence-corrected chi connectivity index (χ3v) is 1.97. The number of hydrogen-bond donors (Lipinski definition) is 0. The van der Waals surface area contributed by atoms with Crippen LogP contribution in [0.1, 0.15) is 6.42 Å². The molecule has 1 aliphatic carbocycles. The molecule has 1 radical (unpaired) electrons. The summed E-state index contributed by atoms with van der Waals surface area (Å²) < 4.78 is 10.4. The highest BCUT2D eigenvalue weighted by atomic mass is 16.7. The molecule has 1 unspecified atom stereocenters. The maximum Gasteiger partial charge on any atom is 0.230 e. The first-order chi connectivity index (χ1) is 5.90. The Morgan fingerprint density at radius 3 is 3.17 bits per heavy atom. The molecule has 12 heavy (non-hydrogen) atoms. The van der Waals surface area contributed by atoms with Crippen LogP contribution in [0.15, 0.2) is 36.3 Å². The van der Waals surface area contributed by atoms with Crippen LogP contribution in [0.3, 0.4) is 0 Å². The zero-order valence-corrected chi connectivity index (χ0v) is 6.82. The summed E-state index contributed by atoms with van der Waals surface area (Å²) >= 11 is 0. The molecule has 0 amide bonds. The van der Waals surface area contributed by atoms with Crippen molar-refractivity contribution < 1.29 is 9.47 Å². The Balaban J connectivity index is 2.05. The second kappa shape index (κ2) is 3.05. The third-order valence-electron chi connectivity index (χ3n) is 1.97. The molecule has 0 bridgehead atoms. The predicted octanol–water partition coefficient (Wildman–Crippen LogP) is 2.17. The van der Waals surface area contributed by atoms with E-state index < -0.39 is 0 Å². The first-order valence-corrected chi connectivity index (χ1v) is 4.04. The van der Waals surface area contributed by atoms with Gasteiger partial charge in [0, 0.05) is 6.42 Å². The van der Waals surface area contributed by atoms with Gasteiger partial charge < -0.3 is 9.47 Å². The topological polar surface area (TPSA) is 18.5 Å². The quantitative estimate of drug-likeness (QED) is 0.581.